The van der Waals surface area contributed by atoms with Crippen molar-refractivity contribution in [2.45, 2.75) is 137 Å². The maximum atomic E-state index is 14.0. The average Bonchev–Trinajstić information content (AvgIpc) is 3.69. The second-order valence-corrected chi connectivity index (χ2v) is 24.4. The molecule has 1 saturated heterocycles. The van der Waals surface area contributed by atoms with E-state index in [9.17, 15) is 9.59 Å². The number of anilines is 1. The molecule has 3 aromatic carbocycles. The number of hydrogen-bond acceptors (Lipinski definition) is 8. The van der Waals surface area contributed by atoms with E-state index < -0.39 is 8.32 Å². The summed E-state index contributed by atoms with van der Waals surface area (Å²) in [5.74, 6) is 0.516. The summed E-state index contributed by atoms with van der Waals surface area (Å²) in [5.41, 5.74) is 8.05. The van der Waals surface area contributed by atoms with Gasteiger partial charge in [-0.25, -0.2) is 9.67 Å². The molecule has 340 valence electrons. The zero-order chi connectivity index (χ0) is 45.6. The number of carbonyl (C=O) groups is 1. The van der Waals surface area contributed by atoms with Gasteiger partial charge in [0, 0.05) is 60.6 Å². The number of aryl methyl sites for hydroxylation is 2. The van der Waals surface area contributed by atoms with Crippen LogP contribution in [0.3, 0.4) is 0 Å². The molecule has 0 aliphatic carbocycles. The minimum Gasteiger partial charge on any atom is -0.487 e. The molecule has 1 aliphatic heterocycles. The highest BCUT2D eigenvalue weighted by Crippen LogP contribution is 2.44. The fourth-order valence-corrected chi connectivity index (χ4v) is 9.86. The van der Waals surface area contributed by atoms with Crippen LogP contribution in [0.15, 0.2) is 89.9 Å². The monoisotopic (exact) mass is 885 g/mol. The summed E-state index contributed by atoms with van der Waals surface area (Å²) in [5, 5.41) is 13.6. The summed E-state index contributed by atoms with van der Waals surface area (Å²) in [4.78, 5) is 34.9. The summed E-state index contributed by atoms with van der Waals surface area (Å²) < 4.78 is 21.2. The number of H-pyrrole nitrogens is 1. The number of ether oxygens (including phenoxy) is 2. The van der Waals surface area contributed by atoms with Gasteiger partial charge in [0.15, 0.2) is 14.0 Å². The zero-order valence-electron chi connectivity index (χ0n) is 39.4. The van der Waals surface area contributed by atoms with Gasteiger partial charge in [-0.2, -0.15) is 5.10 Å². The molecule has 11 nitrogen and oxygen atoms in total. The van der Waals surface area contributed by atoms with E-state index in [-0.39, 0.29) is 34.1 Å². The van der Waals surface area contributed by atoms with Gasteiger partial charge < -0.3 is 29.5 Å². The van der Waals surface area contributed by atoms with E-state index in [2.05, 4.69) is 94.4 Å². The average molecular weight is 885 g/mol. The molecular formula is C52H68N6O5Si. The Morgan fingerprint density at radius 3 is 2.42 bits per heavy atom. The summed E-state index contributed by atoms with van der Waals surface area (Å²) >= 11 is 0. The van der Waals surface area contributed by atoms with Crippen LogP contribution >= 0.6 is 0 Å². The number of amides is 1. The molecule has 7 rings (SSSR count). The van der Waals surface area contributed by atoms with Gasteiger partial charge >= 0.3 is 0 Å². The van der Waals surface area contributed by atoms with Crippen molar-refractivity contribution in [2.24, 2.45) is 5.41 Å². The zero-order valence-corrected chi connectivity index (χ0v) is 40.4. The highest BCUT2D eigenvalue weighted by atomic mass is 28.4. The number of nitrogens with one attached hydrogen (secondary N) is 3. The van der Waals surface area contributed by atoms with Gasteiger partial charge in [-0.3, -0.25) is 9.59 Å². The largest absolute Gasteiger partial charge is 0.487 e. The van der Waals surface area contributed by atoms with Crippen molar-refractivity contribution < 1.29 is 18.7 Å². The Morgan fingerprint density at radius 1 is 0.953 bits per heavy atom. The topological polar surface area (TPSA) is 132 Å². The third kappa shape index (κ3) is 11.0. The van der Waals surface area contributed by atoms with Gasteiger partial charge in [0.1, 0.15) is 12.4 Å². The van der Waals surface area contributed by atoms with E-state index in [0.717, 1.165) is 108 Å². The highest BCUT2D eigenvalue weighted by molar-refractivity contribution is 6.74. The molecule has 1 atom stereocenters. The maximum Gasteiger partial charge on any atom is 0.251 e. The van der Waals surface area contributed by atoms with Crippen LogP contribution in [0.4, 0.5) is 5.69 Å². The molecule has 0 spiro atoms. The quantitative estimate of drug-likeness (QED) is 0.0727. The lowest BCUT2D eigenvalue weighted by molar-refractivity contribution is 0.0904. The number of rotatable bonds is 18. The van der Waals surface area contributed by atoms with Crippen LogP contribution in [0, 0.1) is 5.41 Å². The first-order chi connectivity index (χ1) is 30.6. The number of pyridine rings is 2. The number of carbonyl (C=O) groups excluding carboxylic acids is 1. The summed E-state index contributed by atoms with van der Waals surface area (Å²) in [7, 11) is -2.25. The van der Waals surface area contributed by atoms with Crippen LogP contribution in [-0.2, 0) is 41.7 Å². The summed E-state index contributed by atoms with van der Waals surface area (Å²) in [6, 6.07) is 25.9. The van der Waals surface area contributed by atoms with E-state index in [1.54, 1.807) is 6.07 Å². The predicted molar refractivity (Wildman–Crippen MR) is 261 cm³/mol. The Labute approximate surface area is 379 Å². The maximum absolute atomic E-state index is 14.0. The van der Waals surface area contributed by atoms with E-state index in [0.29, 0.717) is 30.0 Å². The Hall–Kier alpha value is -5.30. The van der Waals surface area contributed by atoms with Crippen molar-refractivity contribution in [3.05, 3.63) is 129 Å². The number of nitrogens with zero attached hydrogens (tertiary/aromatic N) is 3. The fourth-order valence-electron chi connectivity index (χ4n) is 8.55. The predicted octanol–water partition coefficient (Wildman–Crippen LogP) is 11.1. The third-order valence-electron chi connectivity index (χ3n) is 13.3. The lowest BCUT2D eigenvalue weighted by Gasteiger charge is -2.40. The Balaban J connectivity index is 1.09. The fraction of sp³-hybridized carbons (Fsp3) is 0.462. The van der Waals surface area contributed by atoms with Gasteiger partial charge in [-0.1, -0.05) is 90.1 Å². The van der Waals surface area contributed by atoms with Crippen molar-refractivity contribution >= 4 is 41.8 Å². The first-order valence-corrected chi connectivity index (χ1v) is 26.1. The van der Waals surface area contributed by atoms with Crippen LogP contribution in [0.1, 0.15) is 119 Å². The van der Waals surface area contributed by atoms with Gasteiger partial charge in [0.05, 0.1) is 28.9 Å². The number of fused-ring (bicyclic) bond motifs is 2. The molecule has 1 fully saturated rings. The number of aromatic amines is 1. The number of aromatic nitrogens is 4. The SMILES string of the molecule is CCc1nc2c(cnn2CC)c(NC2CCOCC2)c1CNC(=O)c1cccc(CC(C)(C)CC[C@H](O[Si](C)(C)C(C)(C)C)c2ccc(OCc3ccccc3)c3[nH]c(=O)ccc23)c1. The molecule has 1 aliphatic rings. The molecule has 1 amide bonds. The molecule has 4 heterocycles. The standard InChI is InChI=1S/C52H68N6O5Si/c1-10-43-41(47(55-38-25-28-61-29-26-38)42-33-54-58(11-2)49(42)56-43)32-53-50(60)37-19-15-18-36(30-37)31-52(6,7)27-24-44(63-64(8,9)51(3,4)5)39-20-22-45(48-40(39)21-23-46(59)57-48)62-34-35-16-13-12-14-17-35/h12-23,30,33,38,44H,10-11,24-29,31-32,34H2,1-9H3,(H,53,60)(H,55,56)(H,57,59)/t44-/m0/s1. The van der Waals surface area contributed by atoms with Crippen molar-refractivity contribution in [3.8, 4) is 5.75 Å². The highest BCUT2D eigenvalue weighted by Gasteiger charge is 2.40. The van der Waals surface area contributed by atoms with E-state index in [1.807, 2.05) is 71.5 Å². The molecular weight excluding hydrogens is 817 g/mol. The minimum atomic E-state index is -2.25. The second kappa shape index (κ2) is 19.8. The Morgan fingerprint density at radius 2 is 1.70 bits per heavy atom. The van der Waals surface area contributed by atoms with Crippen molar-refractivity contribution in [2.75, 3.05) is 18.5 Å². The normalized spacial score (nSPS) is 14.5. The molecule has 6 aromatic rings. The van der Waals surface area contributed by atoms with Gasteiger partial charge in [0.25, 0.3) is 5.91 Å². The van der Waals surface area contributed by atoms with Crippen molar-refractivity contribution in [1.82, 2.24) is 25.1 Å². The van der Waals surface area contributed by atoms with E-state index in [1.165, 1.54) is 0 Å². The van der Waals surface area contributed by atoms with Crippen molar-refractivity contribution in [3.63, 3.8) is 0 Å². The van der Waals surface area contributed by atoms with Crippen LogP contribution in [0.2, 0.25) is 18.1 Å². The van der Waals surface area contributed by atoms with Crippen molar-refractivity contribution in [1.29, 1.82) is 0 Å². The summed E-state index contributed by atoms with van der Waals surface area (Å²) in [6.45, 7) is 23.1. The van der Waals surface area contributed by atoms with Crippen LogP contribution in [-0.4, -0.2) is 53.2 Å². The minimum absolute atomic E-state index is 0.00675. The summed E-state index contributed by atoms with van der Waals surface area (Å²) in [6.07, 6.45) is 6.68. The number of hydrogen-bond donors (Lipinski definition) is 3. The van der Waals surface area contributed by atoms with Crippen LogP contribution in [0.25, 0.3) is 21.9 Å². The number of benzene rings is 3. The smallest absolute Gasteiger partial charge is 0.251 e. The van der Waals surface area contributed by atoms with E-state index >= 15 is 0 Å². The Kier molecular flexibility index (Phi) is 14.5. The van der Waals surface area contributed by atoms with Gasteiger partial charge in [-0.05, 0) is 110 Å². The second-order valence-electron chi connectivity index (χ2n) is 19.7. The lowest BCUT2D eigenvalue weighted by Crippen LogP contribution is -2.42. The molecule has 0 unspecified atom stereocenters. The first kappa shape index (κ1) is 46.7. The van der Waals surface area contributed by atoms with Gasteiger partial charge in [0.2, 0.25) is 5.56 Å². The third-order valence-corrected chi connectivity index (χ3v) is 17.8. The van der Waals surface area contributed by atoms with Gasteiger partial charge in [-0.15, -0.1) is 0 Å². The lowest BCUT2D eigenvalue weighted by atomic mass is 9.80. The molecule has 64 heavy (non-hydrogen) atoms. The Bertz CT molecular complexity index is 2610. The molecule has 0 bridgehead atoms. The molecule has 0 radical (unpaired) electrons. The molecule has 3 N–H and O–H groups in total. The van der Waals surface area contributed by atoms with E-state index in [4.69, 9.17) is 18.9 Å². The molecule has 3 aromatic heterocycles. The molecule has 12 heteroatoms. The first-order valence-electron chi connectivity index (χ1n) is 23.1. The molecule has 0 saturated carbocycles. The van der Waals surface area contributed by atoms with Crippen LogP contribution in [0.5, 0.6) is 5.75 Å². The van der Waals surface area contributed by atoms with Crippen LogP contribution < -0.4 is 20.9 Å².